The number of aliphatic hydroxyl groups is 1. The molecule has 3 unspecified atom stereocenters. The molecule has 4 heterocycles. The third kappa shape index (κ3) is 5.53. The second-order valence-electron chi connectivity index (χ2n) is 8.33. The van der Waals surface area contributed by atoms with Gasteiger partial charge in [0.25, 0.3) is 0 Å². The summed E-state index contributed by atoms with van der Waals surface area (Å²) >= 11 is 0. The zero-order chi connectivity index (χ0) is 25.3. The number of aliphatic imine (C=N–C) groups is 1. The molecule has 0 saturated carbocycles. The molecule has 198 valence electrons. The zero-order valence-electron chi connectivity index (χ0n) is 19.2. The number of alkyl halides is 4. The number of rotatable bonds is 9. The van der Waals surface area contributed by atoms with Gasteiger partial charge in [-0.25, -0.2) is 13.8 Å². The maximum absolute atomic E-state index is 14.1. The molecule has 0 aromatic carbocycles. The molecule has 0 aliphatic carbocycles. The van der Waals surface area contributed by atoms with E-state index in [-0.39, 0.29) is 27.5 Å². The van der Waals surface area contributed by atoms with Crippen LogP contribution in [0.3, 0.4) is 0 Å². The van der Waals surface area contributed by atoms with Gasteiger partial charge in [0.1, 0.15) is 18.6 Å². The fourth-order valence-corrected chi connectivity index (χ4v) is 4.30. The van der Waals surface area contributed by atoms with Crippen LogP contribution in [0, 0.1) is 17.6 Å². The molecule has 2 aliphatic rings. The third-order valence-corrected chi connectivity index (χ3v) is 5.97. The topological polar surface area (TPSA) is 68.7 Å². The van der Waals surface area contributed by atoms with Crippen molar-refractivity contribution < 1.29 is 36.2 Å². The van der Waals surface area contributed by atoms with Crippen LogP contribution in [0.1, 0.15) is 25.5 Å². The van der Waals surface area contributed by atoms with Crippen LogP contribution >= 0.6 is 0 Å². The van der Waals surface area contributed by atoms with Crippen molar-refractivity contribution in [2.75, 3.05) is 26.3 Å². The molecule has 0 bridgehead atoms. The minimum Gasteiger partial charge on any atom is -0.372 e. The Balaban J connectivity index is 0.00000361. The fraction of sp³-hybridized carbons (Fsp3) is 0.500. The average molecular weight is 522 g/mol. The number of likely N-dealkylation sites (N-methyl/N-ethyl adjacent to an activating group) is 1. The monoisotopic (exact) mass is 522 g/mol. The van der Waals surface area contributed by atoms with Crippen molar-refractivity contribution in [3.8, 4) is 0 Å². The molecule has 0 radical (unpaired) electrons. The number of aliphatic hydroxyl groups excluding tert-OH is 1. The van der Waals surface area contributed by atoms with Gasteiger partial charge in [0.15, 0.2) is 11.5 Å². The van der Waals surface area contributed by atoms with Crippen molar-refractivity contribution in [1.82, 2.24) is 19.3 Å². The molecule has 2 aromatic heterocycles. The van der Waals surface area contributed by atoms with Gasteiger partial charge >= 0.3 is 6.18 Å². The molecular weight excluding hydrogens is 497 g/mol. The standard InChI is InChI=1S/C22H24F6N6O.FH/c1-2-32(6-4-3-5-23)21(35)16-8-17-14(9-29-16)19(31-34(17)12-22(26,27)28)18-10-30-20-15(25)7-13(24)11-33(18)20;/h7-11,14,17,21,35H,2-6,12H2,1H3;1H. The van der Waals surface area contributed by atoms with Gasteiger partial charge in [-0.3, -0.25) is 28.4 Å². The number of aromatic nitrogens is 2. The first kappa shape index (κ1) is 27.6. The summed E-state index contributed by atoms with van der Waals surface area (Å²) in [5, 5.41) is 15.8. The molecule has 2 aliphatic heterocycles. The normalized spacial score (nSPS) is 20.4. The van der Waals surface area contributed by atoms with Crippen LogP contribution in [0.25, 0.3) is 5.65 Å². The Labute approximate surface area is 201 Å². The highest BCUT2D eigenvalue weighted by atomic mass is 19.4. The number of nitrogens with zero attached hydrogens (tertiary/aromatic N) is 6. The Morgan fingerprint density at radius 3 is 2.64 bits per heavy atom. The van der Waals surface area contributed by atoms with E-state index < -0.39 is 49.2 Å². The minimum atomic E-state index is -4.58. The van der Waals surface area contributed by atoms with E-state index in [1.807, 2.05) is 0 Å². The summed E-state index contributed by atoms with van der Waals surface area (Å²) in [5.74, 6) is -2.58. The lowest BCUT2D eigenvalue weighted by Gasteiger charge is -2.31. The molecule has 4 rings (SSSR count). The highest BCUT2D eigenvalue weighted by Gasteiger charge is 2.44. The second kappa shape index (κ2) is 10.9. The van der Waals surface area contributed by atoms with E-state index in [2.05, 4.69) is 15.1 Å². The van der Waals surface area contributed by atoms with Crippen LogP contribution in [-0.2, 0) is 0 Å². The first-order valence-corrected chi connectivity index (χ1v) is 11.1. The number of fused-ring (bicyclic) bond motifs is 2. The fourth-order valence-electron chi connectivity index (χ4n) is 4.30. The maximum Gasteiger partial charge on any atom is 0.407 e. The number of hydrogen-bond donors (Lipinski definition) is 1. The number of hydrogen-bond acceptors (Lipinski definition) is 6. The summed E-state index contributed by atoms with van der Waals surface area (Å²) in [7, 11) is 0. The predicted octanol–water partition coefficient (Wildman–Crippen LogP) is 3.69. The number of hydrazone groups is 1. The second-order valence-corrected chi connectivity index (χ2v) is 8.33. The first-order chi connectivity index (χ1) is 16.6. The Bertz CT molecular complexity index is 1160. The highest BCUT2D eigenvalue weighted by Crippen LogP contribution is 2.33. The molecule has 7 nitrogen and oxygen atoms in total. The quantitative estimate of drug-likeness (QED) is 0.310. The maximum atomic E-state index is 14.1. The van der Waals surface area contributed by atoms with Gasteiger partial charge in [-0.2, -0.15) is 18.3 Å². The molecule has 0 saturated heterocycles. The Morgan fingerprint density at radius 2 is 1.97 bits per heavy atom. The summed E-state index contributed by atoms with van der Waals surface area (Å²) in [6.07, 6.45) is 0.0369. The summed E-state index contributed by atoms with van der Waals surface area (Å²) in [6.45, 7) is 0.738. The molecule has 1 N–H and O–H groups in total. The summed E-state index contributed by atoms with van der Waals surface area (Å²) in [6, 6.07) is -0.283. The van der Waals surface area contributed by atoms with Crippen molar-refractivity contribution in [1.29, 1.82) is 0 Å². The summed E-state index contributed by atoms with van der Waals surface area (Å²) < 4.78 is 81.5. The number of pyridine rings is 1. The number of unbranched alkanes of at least 4 members (excludes halogenated alkanes) is 1. The molecule has 0 amide bonds. The van der Waals surface area contributed by atoms with E-state index >= 15 is 0 Å². The number of imidazole rings is 1. The van der Waals surface area contributed by atoms with Gasteiger partial charge in [-0.15, -0.1) is 0 Å². The van der Waals surface area contributed by atoms with Crippen molar-refractivity contribution in [2.24, 2.45) is 16.0 Å². The molecule has 3 atom stereocenters. The molecule has 14 heteroatoms. The number of halogens is 7. The van der Waals surface area contributed by atoms with Crippen LogP contribution < -0.4 is 0 Å². The van der Waals surface area contributed by atoms with Crippen molar-refractivity contribution in [2.45, 2.75) is 38.2 Å². The largest absolute Gasteiger partial charge is 0.407 e. The summed E-state index contributed by atoms with van der Waals surface area (Å²) in [4.78, 5) is 9.84. The van der Waals surface area contributed by atoms with Crippen molar-refractivity contribution >= 4 is 17.6 Å². The van der Waals surface area contributed by atoms with E-state index in [1.165, 1.54) is 18.5 Å². The van der Waals surface area contributed by atoms with Crippen LogP contribution in [0.5, 0.6) is 0 Å². The van der Waals surface area contributed by atoms with Gasteiger partial charge < -0.3 is 5.11 Å². The molecular formula is C22H25F7N6O. The van der Waals surface area contributed by atoms with E-state index in [0.717, 1.165) is 15.6 Å². The lowest BCUT2D eigenvalue weighted by atomic mass is 9.92. The smallest absolute Gasteiger partial charge is 0.372 e. The Morgan fingerprint density at radius 1 is 1.22 bits per heavy atom. The van der Waals surface area contributed by atoms with Crippen molar-refractivity contribution in [3.05, 3.63) is 47.6 Å². The van der Waals surface area contributed by atoms with Crippen molar-refractivity contribution in [3.63, 3.8) is 0 Å². The molecule has 0 fully saturated rings. The molecule has 0 spiro atoms. The molecule has 36 heavy (non-hydrogen) atoms. The van der Waals surface area contributed by atoms with Crippen LogP contribution in [-0.4, -0.2) is 81.1 Å². The zero-order valence-corrected chi connectivity index (χ0v) is 19.2. The van der Waals surface area contributed by atoms with Gasteiger partial charge in [0.05, 0.1) is 41.9 Å². The SMILES string of the molecule is CCN(CCCCF)C(O)C1=CC2C(C=N1)C(c1cnc3c(F)cc(F)cn13)=NN2CC(F)(F)F.F. The minimum absolute atomic E-state index is 0. The Hall–Kier alpha value is -3.00. The van der Waals surface area contributed by atoms with Gasteiger partial charge in [-0.05, 0) is 25.5 Å². The Kier molecular flexibility index (Phi) is 8.39. The lowest BCUT2D eigenvalue weighted by Crippen LogP contribution is -2.42. The summed E-state index contributed by atoms with van der Waals surface area (Å²) in [5.41, 5.74) is 0.192. The van der Waals surface area contributed by atoms with Gasteiger partial charge in [0.2, 0.25) is 0 Å². The first-order valence-electron chi connectivity index (χ1n) is 11.1. The van der Waals surface area contributed by atoms with Crippen LogP contribution in [0.15, 0.2) is 40.3 Å². The van der Waals surface area contributed by atoms with Gasteiger partial charge in [-0.1, -0.05) is 6.92 Å². The van der Waals surface area contributed by atoms with E-state index in [0.29, 0.717) is 32.0 Å². The van der Waals surface area contributed by atoms with Crippen LogP contribution in [0.2, 0.25) is 0 Å². The van der Waals surface area contributed by atoms with E-state index in [4.69, 9.17) is 0 Å². The van der Waals surface area contributed by atoms with E-state index in [9.17, 15) is 31.4 Å². The van der Waals surface area contributed by atoms with Crippen LogP contribution in [0.4, 0.5) is 31.0 Å². The third-order valence-electron chi connectivity index (χ3n) is 5.97. The average Bonchev–Trinajstić information content (AvgIpc) is 3.36. The van der Waals surface area contributed by atoms with E-state index in [1.54, 1.807) is 11.8 Å². The highest BCUT2D eigenvalue weighted by molar-refractivity contribution is 6.11. The van der Waals surface area contributed by atoms with Gasteiger partial charge in [0, 0.05) is 25.0 Å². The lowest BCUT2D eigenvalue weighted by molar-refractivity contribution is -0.148. The molecule has 2 aromatic rings. The predicted molar refractivity (Wildman–Crippen MR) is 119 cm³/mol.